The van der Waals surface area contributed by atoms with Gasteiger partial charge in [0.1, 0.15) is 12.4 Å². The molecule has 1 aliphatic heterocycles. The molecule has 146 valence electrons. The Hall–Kier alpha value is -1.68. The summed E-state index contributed by atoms with van der Waals surface area (Å²) < 4.78 is 17.6. The molecule has 1 saturated heterocycles. The maximum atomic E-state index is 9.10. The Balaban J connectivity index is 0.000000487. The molecular weight excluding hydrogens is 410 g/mol. The standard InChI is InChI=1S/C15H22BrNO3.C2H2O4/c1-13-2-3-15(14(16)12-13)20-11-10-19-9-6-17-4-7-18-8-5-17;3-1(4)2(5)6/h2-3,12H,4-11H2,1H3;(H,3,4)(H,5,6). The number of hydrogen-bond donors (Lipinski definition) is 2. The van der Waals surface area contributed by atoms with Crippen LogP contribution in [0, 0.1) is 6.92 Å². The van der Waals surface area contributed by atoms with E-state index in [1.54, 1.807) is 0 Å². The van der Waals surface area contributed by atoms with Crippen molar-refractivity contribution in [2.45, 2.75) is 6.92 Å². The van der Waals surface area contributed by atoms with E-state index in [1.165, 1.54) is 5.56 Å². The average molecular weight is 434 g/mol. The van der Waals surface area contributed by atoms with Crippen LogP contribution >= 0.6 is 15.9 Å². The van der Waals surface area contributed by atoms with Crippen LogP contribution in [0.4, 0.5) is 0 Å². The van der Waals surface area contributed by atoms with Crippen LogP contribution in [0.1, 0.15) is 5.56 Å². The number of nitrogens with zero attached hydrogens (tertiary/aromatic N) is 1. The van der Waals surface area contributed by atoms with E-state index in [0.717, 1.165) is 49.7 Å². The molecule has 0 aromatic heterocycles. The second-order valence-electron chi connectivity index (χ2n) is 5.46. The number of aliphatic carboxylic acids is 2. The van der Waals surface area contributed by atoms with Gasteiger partial charge in [0.15, 0.2) is 0 Å². The molecule has 0 spiro atoms. The van der Waals surface area contributed by atoms with Gasteiger partial charge < -0.3 is 24.4 Å². The van der Waals surface area contributed by atoms with Crippen molar-refractivity contribution in [1.29, 1.82) is 0 Å². The monoisotopic (exact) mass is 433 g/mol. The minimum absolute atomic E-state index is 0.574. The van der Waals surface area contributed by atoms with Crippen molar-refractivity contribution in [2.24, 2.45) is 0 Å². The molecule has 0 unspecified atom stereocenters. The molecule has 1 aromatic rings. The van der Waals surface area contributed by atoms with E-state index in [0.29, 0.717) is 13.2 Å². The molecule has 1 fully saturated rings. The van der Waals surface area contributed by atoms with Crippen molar-refractivity contribution in [3.05, 3.63) is 28.2 Å². The highest BCUT2D eigenvalue weighted by Gasteiger charge is 2.09. The van der Waals surface area contributed by atoms with E-state index in [9.17, 15) is 0 Å². The zero-order chi connectivity index (χ0) is 19.4. The minimum Gasteiger partial charge on any atom is -0.490 e. The molecule has 9 heteroatoms. The van der Waals surface area contributed by atoms with Crippen LogP contribution < -0.4 is 4.74 Å². The molecule has 26 heavy (non-hydrogen) atoms. The second-order valence-corrected chi connectivity index (χ2v) is 6.31. The largest absolute Gasteiger partial charge is 0.490 e. The van der Waals surface area contributed by atoms with Gasteiger partial charge in [-0.2, -0.15) is 0 Å². The SMILES string of the molecule is Cc1ccc(OCCOCCN2CCOCC2)c(Br)c1.O=C(O)C(=O)O. The van der Waals surface area contributed by atoms with Crippen LogP contribution in [0.25, 0.3) is 0 Å². The molecule has 8 nitrogen and oxygen atoms in total. The number of hydrogen-bond acceptors (Lipinski definition) is 6. The number of ether oxygens (including phenoxy) is 3. The molecule has 1 aliphatic rings. The van der Waals surface area contributed by atoms with E-state index in [-0.39, 0.29) is 0 Å². The summed E-state index contributed by atoms with van der Waals surface area (Å²) in [4.78, 5) is 20.6. The van der Waals surface area contributed by atoms with Crippen molar-refractivity contribution in [3.63, 3.8) is 0 Å². The zero-order valence-electron chi connectivity index (χ0n) is 14.6. The first-order valence-corrected chi connectivity index (χ1v) is 8.92. The van der Waals surface area contributed by atoms with E-state index in [4.69, 9.17) is 34.0 Å². The highest BCUT2D eigenvalue weighted by Crippen LogP contribution is 2.25. The van der Waals surface area contributed by atoms with Crippen molar-refractivity contribution in [3.8, 4) is 5.75 Å². The first-order valence-electron chi connectivity index (χ1n) is 8.13. The quantitative estimate of drug-likeness (QED) is 0.493. The molecule has 0 aliphatic carbocycles. The van der Waals surface area contributed by atoms with Crippen molar-refractivity contribution < 1.29 is 34.0 Å². The van der Waals surface area contributed by atoms with Gasteiger partial charge in [-0.05, 0) is 40.5 Å². The topological polar surface area (TPSA) is 106 Å². The van der Waals surface area contributed by atoms with Gasteiger partial charge in [-0.1, -0.05) is 6.07 Å². The number of rotatable bonds is 7. The molecule has 0 bridgehead atoms. The van der Waals surface area contributed by atoms with Crippen molar-refractivity contribution >= 4 is 27.9 Å². The summed E-state index contributed by atoms with van der Waals surface area (Å²) in [5, 5.41) is 14.8. The van der Waals surface area contributed by atoms with Gasteiger partial charge >= 0.3 is 11.9 Å². The van der Waals surface area contributed by atoms with Crippen LogP contribution in [-0.4, -0.2) is 79.7 Å². The summed E-state index contributed by atoms with van der Waals surface area (Å²) in [7, 11) is 0. The van der Waals surface area contributed by atoms with Crippen LogP contribution in [0.5, 0.6) is 5.75 Å². The third kappa shape index (κ3) is 9.71. The lowest BCUT2D eigenvalue weighted by atomic mass is 10.2. The fraction of sp³-hybridized carbons (Fsp3) is 0.529. The second kappa shape index (κ2) is 12.6. The molecule has 0 saturated carbocycles. The summed E-state index contributed by atoms with van der Waals surface area (Å²) in [6, 6.07) is 6.07. The fourth-order valence-corrected chi connectivity index (χ4v) is 2.66. The number of carboxylic acid groups (broad SMARTS) is 2. The van der Waals surface area contributed by atoms with E-state index < -0.39 is 11.9 Å². The molecule has 2 N–H and O–H groups in total. The molecule has 0 radical (unpaired) electrons. The Labute approximate surface area is 160 Å². The van der Waals surface area contributed by atoms with Gasteiger partial charge in [0.05, 0.1) is 30.9 Å². The summed E-state index contributed by atoms with van der Waals surface area (Å²) in [6.07, 6.45) is 0. The Morgan fingerprint density at radius 1 is 1.15 bits per heavy atom. The van der Waals surface area contributed by atoms with Crippen LogP contribution in [0.2, 0.25) is 0 Å². The van der Waals surface area contributed by atoms with Crippen LogP contribution in [0.3, 0.4) is 0 Å². The van der Waals surface area contributed by atoms with Crippen molar-refractivity contribution in [2.75, 3.05) is 52.7 Å². The summed E-state index contributed by atoms with van der Waals surface area (Å²) in [6.45, 7) is 8.66. The lowest BCUT2D eigenvalue weighted by Crippen LogP contribution is -2.38. The zero-order valence-corrected chi connectivity index (χ0v) is 16.2. The van der Waals surface area contributed by atoms with Gasteiger partial charge in [0.2, 0.25) is 0 Å². The summed E-state index contributed by atoms with van der Waals surface area (Å²) in [5.74, 6) is -2.78. The summed E-state index contributed by atoms with van der Waals surface area (Å²) >= 11 is 3.50. The van der Waals surface area contributed by atoms with E-state index in [2.05, 4.69) is 33.8 Å². The molecule has 1 heterocycles. The smallest absolute Gasteiger partial charge is 0.414 e. The Bertz CT molecular complexity index is 564. The fourth-order valence-electron chi connectivity index (χ4n) is 2.05. The van der Waals surface area contributed by atoms with Crippen LogP contribution in [0.15, 0.2) is 22.7 Å². The first kappa shape index (κ1) is 22.4. The van der Waals surface area contributed by atoms with Crippen LogP contribution in [-0.2, 0) is 19.1 Å². The predicted molar refractivity (Wildman–Crippen MR) is 97.7 cm³/mol. The molecule has 0 atom stereocenters. The lowest BCUT2D eigenvalue weighted by molar-refractivity contribution is -0.159. The molecular formula is C17H24BrNO7. The Kier molecular flexibility index (Phi) is 10.9. The number of carbonyl (C=O) groups is 2. The molecule has 2 rings (SSSR count). The Morgan fingerprint density at radius 2 is 1.81 bits per heavy atom. The van der Waals surface area contributed by atoms with E-state index >= 15 is 0 Å². The van der Waals surface area contributed by atoms with Gasteiger partial charge in [0, 0.05) is 19.6 Å². The number of aryl methyl sites for hydroxylation is 1. The van der Waals surface area contributed by atoms with Gasteiger partial charge in [0.25, 0.3) is 0 Å². The minimum atomic E-state index is -1.82. The van der Waals surface area contributed by atoms with Gasteiger partial charge in [-0.25, -0.2) is 9.59 Å². The number of carboxylic acids is 2. The number of benzene rings is 1. The highest BCUT2D eigenvalue weighted by atomic mass is 79.9. The Morgan fingerprint density at radius 3 is 2.38 bits per heavy atom. The van der Waals surface area contributed by atoms with Gasteiger partial charge in [-0.3, -0.25) is 4.90 Å². The molecule has 1 aromatic carbocycles. The number of morpholine rings is 1. The number of halogens is 1. The maximum absolute atomic E-state index is 9.10. The normalized spacial score (nSPS) is 14.2. The maximum Gasteiger partial charge on any atom is 0.414 e. The summed E-state index contributed by atoms with van der Waals surface area (Å²) in [5.41, 5.74) is 1.21. The third-order valence-corrected chi connectivity index (χ3v) is 4.03. The highest BCUT2D eigenvalue weighted by molar-refractivity contribution is 9.10. The lowest BCUT2D eigenvalue weighted by Gasteiger charge is -2.26. The molecule has 0 amide bonds. The third-order valence-electron chi connectivity index (χ3n) is 3.41. The van der Waals surface area contributed by atoms with Crippen molar-refractivity contribution in [1.82, 2.24) is 4.90 Å². The van der Waals surface area contributed by atoms with Gasteiger partial charge in [-0.15, -0.1) is 0 Å². The average Bonchev–Trinajstić information content (AvgIpc) is 2.61. The predicted octanol–water partition coefficient (Wildman–Crippen LogP) is 1.64. The van der Waals surface area contributed by atoms with E-state index in [1.807, 2.05) is 12.1 Å². The first-order chi connectivity index (χ1) is 12.4.